The molecule has 2 N–H and O–H groups in total. The number of rotatable bonds is 7. The van der Waals surface area contributed by atoms with E-state index in [0.717, 1.165) is 37.7 Å². The molecule has 0 radical (unpaired) electrons. The molecule has 5 aliphatic rings. The maximum atomic E-state index is 13.3. The Morgan fingerprint density at radius 1 is 1.05 bits per heavy atom. The van der Waals surface area contributed by atoms with Crippen molar-refractivity contribution in [2.45, 2.75) is 110 Å². The minimum Gasteiger partial charge on any atom is -0.393 e. The van der Waals surface area contributed by atoms with E-state index >= 15 is 0 Å². The van der Waals surface area contributed by atoms with Crippen molar-refractivity contribution in [3.05, 3.63) is 30.1 Å². The standard InChI is InChI=1S/C33H52NO6P/c1-5-24-28-20-23(35)8-14-33(28,4)27-9-15-32(3)25(6-7-26(32)30(27)31(24)36)21(2)12-18-38-41(37)39-19-13-29(40-41)22-10-16-34-17-11-22/h10-11,16-17,21,23-31,35-36H,5-9,12-15,18-20H2,1-4H3/t21-,23-,24-,25-,26?,27?,28?,29-,30?,31-,32-,33-,41+/m1/s1. The molecule has 4 saturated carbocycles. The third kappa shape index (κ3) is 5.29. The quantitative estimate of drug-likeness (QED) is 0.321. The fraction of sp³-hybridized carbons (Fsp3) is 0.848. The highest BCUT2D eigenvalue weighted by molar-refractivity contribution is 7.48. The summed E-state index contributed by atoms with van der Waals surface area (Å²) in [6.45, 7) is 10.3. The highest BCUT2D eigenvalue weighted by atomic mass is 31.2. The molecule has 1 aromatic rings. The van der Waals surface area contributed by atoms with E-state index < -0.39 is 7.82 Å². The van der Waals surface area contributed by atoms with Crippen molar-refractivity contribution in [2.75, 3.05) is 13.2 Å². The predicted molar refractivity (Wildman–Crippen MR) is 158 cm³/mol. The Kier molecular flexibility index (Phi) is 8.55. The van der Waals surface area contributed by atoms with E-state index in [1.54, 1.807) is 12.4 Å². The largest absolute Gasteiger partial charge is 0.475 e. The molecule has 0 spiro atoms. The second kappa shape index (κ2) is 11.6. The maximum absolute atomic E-state index is 13.3. The van der Waals surface area contributed by atoms with Gasteiger partial charge in [-0.15, -0.1) is 0 Å². The van der Waals surface area contributed by atoms with Gasteiger partial charge >= 0.3 is 7.82 Å². The highest BCUT2D eigenvalue weighted by Gasteiger charge is 2.64. The van der Waals surface area contributed by atoms with Gasteiger partial charge in [-0.2, -0.15) is 0 Å². The topological polar surface area (TPSA) is 98.1 Å². The summed E-state index contributed by atoms with van der Waals surface area (Å²) in [6, 6.07) is 3.77. The number of phosphoric acid groups is 1. The average Bonchev–Trinajstić information content (AvgIpc) is 3.32. The van der Waals surface area contributed by atoms with Gasteiger partial charge in [0.05, 0.1) is 31.5 Å². The summed E-state index contributed by atoms with van der Waals surface area (Å²) < 4.78 is 30.6. The molecule has 5 fully saturated rings. The molecule has 1 aliphatic heterocycles. The first-order valence-corrected chi connectivity index (χ1v) is 17.9. The van der Waals surface area contributed by atoms with Crippen molar-refractivity contribution in [3.63, 3.8) is 0 Å². The minimum atomic E-state index is -3.60. The molecule has 13 atom stereocenters. The second-order valence-electron chi connectivity index (χ2n) is 14.7. The van der Waals surface area contributed by atoms with Gasteiger partial charge in [-0.3, -0.25) is 18.6 Å². The Hall–Kier alpha value is -0.820. The molecule has 1 aromatic heterocycles. The predicted octanol–water partition coefficient (Wildman–Crippen LogP) is 7.34. The number of aliphatic hydroxyl groups is 2. The van der Waals surface area contributed by atoms with Crippen LogP contribution in [0.1, 0.15) is 104 Å². The summed E-state index contributed by atoms with van der Waals surface area (Å²) in [5, 5.41) is 22.5. The van der Waals surface area contributed by atoms with Crippen LogP contribution in [0.25, 0.3) is 0 Å². The lowest BCUT2D eigenvalue weighted by Crippen LogP contribution is -2.62. The van der Waals surface area contributed by atoms with Crippen LogP contribution < -0.4 is 0 Å². The van der Waals surface area contributed by atoms with Crippen LogP contribution in [0, 0.1) is 52.3 Å². The Labute approximate surface area is 246 Å². The Morgan fingerprint density at radius 2 is 1.78 bits per heavy atom. The first-order valence-electron chi connectivity index (χ1n) is 16.4. The number of hydrogen-bond donors (Lipinski definition) is 2. The lowest BCUT2D eigenvalue weighted by molar-refractivity contribution is -0.203. The molecule has 0 amide bonds. The molecule has 7 nitrogen and oxygen atoms in total. The number of pyridine rings is 1. The molecule has 6 rings (SSSR count). The van der Waals surface area contributed by atoms with Gasteiger partial charge in [0, 0.05) is 18.8 Å². The zero-order valence-corrected chi connectivity index (χ0v) is 26.4. The molecule has 2 heterocycles. The highest BCUT2D eigenvalue weighted by Crippen LogP contribution is 2.69. The third-order valence-corrected chi connectivity index (χ3v) is 14.4. The molecule has 230 valence electrons. The van der Waals surface area contributed by atoms with E-state index in [0.29, 0.717) is 55.1 Å². The van der Waals surface area contributed by atoms with Crippen molar-refractivity contribution in [2.24, 2.45) is 52.3 Å². The van der Waals surface area contributed by atoms with Crippen LogP contribution in [-0.2, 0) is 18.1 Å². The fourth-order valence-corrected chi connectivity index (χ4v) is 12.3. The molecule has 4 aliphatic carbocycles. The first kappa shape index (κ1) is 30.2. The van der Waals surface area contributed by atoms with E-state index in [1.807, 2.05) is 12.1 Å². The number of aliphatic hydroxyl groups excluding tert-OH is 2. The van der Waals surface area contributed by atoms with Crippen molar-refractivity contribution in [3.8, 4) is 0 Å². The van der Waals surface area contributed by atoms with Gasteiger partial charge in [0.1, 0.15) is 0 Å². The van der Waals surface area contributed by atoms with E-state index in [2.05, 4.69) is 32.7 Å². The normalized spacial score (nSPS) is 48.6. The number of phosphoric ester groups is 1. The fourth-order valence-electron chi connectivity index (χ4n) is 10.9. The summed E-state index contributed by atoms with van der Waals surface area (Å²) in [5.41, 5.74) is 1.37. The summed E-state index contributed by atoms with van der Waals surface area (Å²) in [5.74, 6) is 3.13. The Morgan fingerprint density at radius 3 is 2.54 bits per heavy atom. The molecule has 0 bridgehead atoms. The Balaban J connectivity index is 1.11. The second-order valence-corrected chi connectivity index (χ2v) is 16.3. The van der Waals surface area contributed by atoms with Crippen molar-refractivity contribution < 1.29 is 28.3 Å². The number of nitrogens with zero attached hydrogens (tertiary/aromatic N) is 1. The van der Waals surface area contributed by atoms with Gasteiger partial charge in [-0.25, -0.2) is 4.57 Å². The van der Waals surface area contributed by atoms with Gasteiger partial charge in [-0.1, -0.05) is 34.1 Å². The monoisotopic (exact) mass is 589 g/mol. The summed E-state index contributed by atoms with van der Waals surface area (Å²) >= 11 is 0. The third-order valence-electron chi connectivity index (χ3n) is 12.9. The smallest absolute Gasteiger partial charge is 0.393 e. The van der Waals surface area contributed by atoms with Crippen LogP contribution in [0.2, 0.25) is 0 Å². The van der Waals surface area contributed by atoms with E-state index in [1.165, 1.54) is 25.7 Å². The SMILES string of the molecule is CC[C@@H]1C2C[C@H](O)CC[C@]2(C)C2CC[C@@]3(C)C(CC[C@@H]3[C@H](C)CCO[P@@]3(=O)OCC[C@H](c4ccncc4)O3)C2[C@@H]1O. The molecule has 8 heteroatoms. The molecule has 0 aromatic carbocycles. The lowest BCUT2D eigenvalue weighted by Gasteiger charge is -2.64. The molecule has 41 heavy (non-hydrogen) atoms. The van der Waals surface area contributed by atoms with Gasteiger partial charge in [0.15, 0.2) is 0 Å². The van der Waals surface area contributed by atoms with Gasteiger partial charge in [-0.05, 0) is 121 Å². The van der Waals surface area contributed by atoms with Crippen LogP contribution in [0.5, 0.6) is 0 Å². The maximum Gasteiger partial charge on any atom is 0.475 e. The zero-order chi connectivity index (χ0) is 29.0. The minimum absolute atomic E-state index is 0.200. The van der Waals surface area contributed by atoms with Gasteiger partial charge in [0.25, 0.3) is 0 Å². The average molecular weight is 590 g/mol. The molecule has 4 unspecified atom stereocenters. The van der Waals surface area contributed by atoms with Crippen LogP contribution in [0.15, 0.2) is 24.5 Å². The van der Waals surface area contributed by atoms with Gasteiger partial charge < -0.3 is 10.2 Å². The van der Waals surface area contributed by atoms with Crippen LogP contribution in [0.4, 0.5) is 0 Å². The number of fused-ring (bicyclic) bond motifs is 5. The van der Waals surface area contributed by atoms with E-state index in [4.69, 9.17) is 13.6 Å². The van der Waals surface area contributed by atoms with Gasteiger partial charge in [0.2, 0.25) is 0 Å². The summed E-state index contributed by atoms with van der Waals surface area (Å²) in [7, 11) is -3.60. The van der Waals surface area contributed by atoms with Crippen molar-refractivity contribution >= 4 is 7.82 Å². The van der Waals surface area contributed by atoms with Crippen LogP contribution in [-0.4, -0.2) is 40.6 Å². The van der Waals surface area contributed by atoms with E-state index in [9.17, 15) is 14.8 Å². The molecule has 1 saturated heterocycles. The first-order chi connectivity index (χ1) is 19.6. The summed E-state index contributed by atoms with van der Waals surface area (Å²) in [4.78, 5) is 4.07. The number of aromatic nitrogens is 1. The van der Waals surface area contributed by atoms with Crippen LogP contribution >= 0.6 is 7.82 Å². The van der Waals surface area contributed by atoms with Crippen molar-refractivity contribution in [1.29, 1.82) is 0 Å². The molecular formula is C33H52NO6P. The zero-order valence-electron chi connectivity index (χ0n) is 25.5. The lowest BCUT2D eigenvalue weighted by atomic mass is 9.41. The van der Waals surface area contributed by atoms with Crippen LogP contribution in [0.3, 0.4) is 0 Å². The summed E-state index contributed by atoms with van der Waals surface area (Å²) in [6.07, 6.45) is 12.7. The molecular weight excluding hydrogens is 537 g/mol. The van der Waals surface area contributed by atoms with Crippen molar-refractivity contribution in [1.82, 2.24) is 4.98 Å². The van der Waals surface area contributed by atoms with E-state index in [-0.39, 0.29) is 35.1 Å². The number of hydrogen-bond acceptors (Lipinski definition) is 7. The Bertz CT molecular complexity index is 1100.